The highest BCUT2D eigenvalue weighted by molar-refractivity contribution is 5.69. The van der Waals surface area contributed by atoms with Crippen molar-refractivity contribution < 1.29 is 18.7 Å². The average Bonchev–Trinajstić information content (AvgIpc) is 2.80. The van der Waals surface area contributed by atoms with Crippen LogP contribution in [0.15, 0.2) is 22.8 Å². The van der Waals surface area contributed by atoms with E-state index in [1.165, 1.54) is 11.2 Å². The van der Waals surface area contributed by atoms with E-state index >= 15 is 0 Å². The third kappa shape index (κ3) is 4.12. The summed E-state index contributed by atoms with van der Waals surface area (Å²) >= 11 is 0. The molecule has 1 aromatic heterocycles. The van der Waals surface area contributed by atoms with Gasteiger partial charge in [-0.25, -0.2) is 4.79 Å². The summed E-state index contributed by atoms with van der Waals surface area (Å²) in [6, 6.07) is 3.00. The lowest BCUT2D eigenvalue weighted by atomic mass is 10.0. The van der Waals surface area contributed by atoms with Crippen LogP contribution in [0.2, 0.25) is 0 Å². The topological polar surface area (TPSA) is 59.8 Å². The fourth-order valence-corrected chi connectivity index (χ4v) is 1.78. The van der Waals surface area contributed by atoms with Crippen molar-refractivity contribution in [3.8, 4) is 0 Å². The maximum atomic E-state index is 12.1. The first-order valence-corrected chi connectivity index (χ1v) is 6.20. The average molecular weight is 267 g/mol. The summed E-state index contributed by atoms with van der Waals surface area (Å²) in [5.74, 6) is 0.177. The van der Waals surface area contributed by atoms with Crippen LogP contribution in [0.25, 0.3) is 0 Å². The maximum absolute atomic E-state index is 12.1. The Balaban J connectivity index is 2.93. The van der Waals surface area contributed by atoms with Crippen LogP contribution in [0.5, 0.6) is 0 Å². The Morgan fingerprint density at radius 3 is 2.53 bits per heavy atom. The molecule has 0 aliphatic heterocycles. The zero-order valence-corrected chi connectivity index (χ0v) is 12.0. The van der Waals surface area contributed by atoms with Gasteiger partial charge in [0.2, 0.25) is 0 Å². The van der Waals surface area contributed by atoms with Crippen LogP contribution < -0.4 is 0 Å². The first-order chi connectivity index (χ1) is 8.76. The first-order valence-electron chi connectivity index (χ1n) is 6.20. The molecule has 5 nitrogen and oxygen atoms in total. The molecule has 0 aliphatic rings. The summed E-state index contributed by atoms with van der Waals surface area (Å²) in [6.45, 7) is 7.12. The molecule has 0 radical (unpaired) electrons. The number of furan rings is 1. The second kappa shape index (κ2) is 5.91. The van der Waals surface area contributed by atoms with Gasteiger partial charge in [0.15, 0.2) is 0 Å². The molecule has 0 fully saturated rings. The van der Waals surface area contributed by atoms with Crippen molar-refractivity contribution in [1.29, 1.82) is 0 Å². The summed E-state index contributed by atoms with van der Waals surface area (Å²) in [7, 11) is 1.60. The van der Waals surface area contributed by atoms with Gasteiger partial charge in [-0.05, 0) is 32.9 Å². The van der Waals surface area contributed by atoms with Crippen molar-refractivity contribution in [3.05, 3.63) is 24.2 Å². The van der Waals surface area contributed by atoms with Gasteiger partial charge in [0.25, 0.3) is 0 Å². The standard InChI is InChI=1S/C14H21NO4/c1-10(9-16)12(11-7-6-8-18-11)15(5)13(17)19-14(2,3)4/h6-10,12H,1-5H3. The van der Waals surface area contributed by atoms with Crippen molar-refractivity contribution >= 4 is 12.4 Å². The zero-order chi connectivity index (χ0) is 14.6. The minimum atomic E-state index is -0.580. The highest BCUT2D eigenvalue weighted by Crippen LogP contribution is 2.28. The van der Waals surface area contributed by atoms with E-state index in [1.54, 1.807) is 46.9 Å². The second-order valence-corrected chi connectivity index (χ2v) is 5.55. The van der Waals surface area contributed by atoms with E-state index in [2.05, 4.69) is 0 Å². The van der Waals surface area contributed by atoms with E-state index in [0.717, 1.165) is 6.29 Å². The fraction of sp³-hybridized carbons (Fsp3) is 0.571. The normalized spacial score (nSPS) is 14.6. The predicted octanol–water partition coefficient (Wildman–Crippen LogP) is 3.02. The van der Waals surface area contributed by atoms with Crippen LogP contribution in [0.3, 0.4) is 0 Å². The lowest BCUT2D eigenvalue weighted by Gasteiger charge is -2.31. The van der Waals surface area contributed by atoms with Crippen LogP contribution in [0.1, 0.15) is 39.5 Å². The molecule has 1 rings (SSSR count). The molecule has 19 heavy (non-hydrogen) atoms. The molecule has 106 valence electrons. The minimum absolute atomic E-state index is 0.385. The van der Waals surface area contributed by atoms with Crippen LogP contribution in [-0.2, 0) is 9.53 Å². The Bertz CT molecular complexity index is 419. The van der Waals surface area contributed by atoms with Gasteiger partial charge in [-0.1, -0.05) is 6.92 Å². The highest BCUT2D eigenvalue weighted by atomic mass is 16.6. The van der Waals surface area contributed by atoms with Crippen molar-refractivity contribution in [1.82, 2.24) is 4.90 Å². The van der Waals surface area contributed by atoms with Gasteiger partial charge in [0, 0.05) is 13.0 Å². The molecule has 1 aromatic rings. The molecule has 2 atom stereocenters. The molecular formula is C14H21NO4. The third-order valence-electron chi connectivity index (χ3n) is 2.65. The molecule has 0 bridgehead atoms. The number of hydrogen-bond donors (Lipinski definition) is 0. The molecule has 5 heteroatoms. The van der Waals surface area contributed by atoms with Crippen LogP contribution >= 0.6 is 0 Å². The van der Waals surface area contributed by atoms with Gasteiger partial charge in [-0.15, -0.1) is 0 Å². The molecule has 0 aliphatic carbocycles. The van der Waals surface area contributed by atoms with Crippen LogP contribution in [-0.4, -0.2) is 29.9 Å². The summed E-state index contributed by atoms with van der Waals surface area (Å²) in [6.07, 6.45) is 1.83. The number of hydrogen-bond acceptors (Lipinski definition) is 4. The molecular weight excluding hydrogens is 246 g/mol. The number of carbonyl (C=O) groups excluding carboxylic acids is 2. The van der Waals surface area contributed by atoms with Gasteiger partial charge in [-0.2, -0.15) is 0 Å². The van der Waals surface area contributed by atoms with Crippen molar-refractivity contribution in [2.75, 3.05) is 7.05 Å². The molecule has 2 unspecified atom stereocenters. The molecule has 0 aromatic carbocycles. The van der Waals surface area contributed by atoms with Gasteiger partial charge in [0.05, 0.1) is 6.26 Å². The Morgan fingerprint density at radius 1 is 1.47 bits per heavy atom. The van der Waals surface area contributed by atoms with Gasteiger partial charge >= 0.3 is 6.09 Å². The smallest absolute Gasteiger partial charge is 0.410 e. The first kappa shape index (κ1) is 15.3. The lowest BCUT2D eigenvalue weighted by molar-refractivity contribution is -0.112. The number of ether oxygens (including phenoxy) is 1. The van der Waals surface area contributed by atoms with Crippen molar-refractivity contribution in [3.63, 3.8) is 0 Å². The monoisotopic (exact) mass is 267 g/mol. The molecule has 0 saturated heterocycles. The summed E-state index contributed by atoms with van der Waals surface area (Å²) in [5.41, 5.74) is -0.580. The van der Waals surface area contributed by atoms with Crippen LogP contribution in [0.4, 0.5) is 4.79 Å². The molecule has 0 N–H and O–H groups in total. The van der Waals surface area contributed by atoms with E-state index in [0.29, 0.717) is 5.76 Å². The third-order valence-corrected chi connectivity index (χ3v) is 2.65. The van der Waals surface area contributed by atoms with E-state index in [9.17, 15) is 9.59 Å². The Morgan fingerprint density at radius 2 is 2.11 bits per heavy atom. The number of amides is 1. The molecule has 0 spiro atoms. The van der Waals surface area contributed by atoms with E-state index < -0.39 is 17.7 Å². The van der Waals surface area contributed by atoms with Gasteiger partial charge in [-0.3, -0.25) is 0 Å². The summed E-state index contributed by atoms with van der Waals surface area (Å²) in [5, 5.41) is 0. The number of rotatable bonds is 4. The van der Waals surface area contributed by atoms with Crippen molar-refractivity contribution in [2.45, 2.75) is 39.3 Å². The van der Waals surface area contributed by atoms with Crippen molar-refractivity contribution in [2.24, 2.45) is 5.92 Å². The fourth-order valence-electron chi connectivity index (χ4n) is 1.78. The van der Waals surface area contributed by atoms with E-state index in [1.807, 2.05) is 0 Å². The second-order valence-electron chi connectivity index (χ2n) is 5.55. The number of nitrogens with zero attached hydrogens (tertiary/aromatic N) is 1. The molecule has 1 heterocycles. The Labute approximate surface area is 113 Å². The highest BCUT2D eigenvalue weighted by Gasteiger charge is 2.31. The summed E-state index contributed by atoms with van der Waals surface area (Å²) < 4.78 is 10.6. The lowest BCUT2D eigenvalue weighted by Crippen LogP contribution is -2.39. The zero-order valence-electron chi connectivity index (χ0n) is 12.0. The Hall–Kier alpha value is -1.78. The summed E-state index contributed by atoms with van der Waals surface area (Å²) in [4.78, 5) is 24.5. The number of aldehydes is 1. The van der Waals surface area contributed by atoms with Gasteiger partial charge < -0.3 is 18.8 Å². The van der Waals surface area contributed by atoms with E-state index in [-0.39, 0.29) is 5.92 Å². The van der Waals surface area contributed by atoms with E-state index in [4.69, 9.17) is 9.15 Å². The van der Waals surface area contributed by atoms with Gasteiger partial charge in [0.1, 0.15) is 23.7 Å². The maximum Gasteiger partial charge on any atom is 0.410 e. The largest absolute Gasteiger partial charge is 0.467 e. The molecule has 0 saturated carbocycles. The SMILES string of the molecule is CC(C=O)C(c1ccco1)N(C)C(=O)OC(C)(C)C. The minimum Gasteiger partial charge on any atom is -0.467 e. The Kier molecular flexibility index (Phi) is 4.75. The number of carbonyl (C=O) groups is 2. The quantitative estimate of drug-likeness (QED) is 0.787. The predicted molar refractivity (Wildman–Crippen MR) is 70.7 cm³/mol. The molecule has 1 amide bonds. The van der Waals surface area contributed by atoms with Crippen LogP contribution in [0, 0.1) is 5.92 Å².